The monoisotopic (exact) mass is 462 g/mol. The van der Waals surface area contributed by atoms with Gasteiger partial charge in [-0.3, -0.25) is 4.79 Å². The number of methoxy groups -OCH3 is 2. The Morgan fingerprint density at radius 3 is 2.18 bits per heavy atom. The van der Waals surface area contributed by atoms with Crippen LogP contribution >= 0.6 is 0 Å². The van der Waals surface area contributed by atoms with Gasteiger partial charge in [-0.15, -0.1) is 0 Å². The van der Waals surface area contributed by atoms with Gasteiger partial charge in [-0.25, -0.2) is 10.2 Å². The van der Waals surface area contributed by atoms with E-state index in [1.54, 1.807) is 73.8 Å². The normalized spacial score (nSPS) is 10.6. The molecule has 34 heavy (non-hydrogen) atoms. The molecule has 0 saturated carbocycles. The molecule has 0 aliphatic rings. The Balaban J connectivity index is 1.61. The third-order valence-electron chi connectivity index (χ3n) is 4.69. The maximum atomic E-state index is 12.5. The van der Waals surface area contributed by atoms with Crippen LogP contribution in [-0.4, -0.2) is 38.9 Å². The SMILES string of the molecule is CCCOc1ccc(C(=O)Oc2ccc(/C=N\NC(=O)c3ccc(OC)cc3)cc2OC)cc1. The Bertz CT molecular complexity index is 1140. The van der Waals surface area contributed by atoms with Crippen LogP contribution in [-0.2, 0) is 0 Å². The van der Waals surface area contributed by atoms with Crippen LogP contribution in [0.25, 0.3) is 0 Å². The van der Waals surface area contributed by atoms with Crippen LogP contribution in [0.4, 0.5) is 0 Å². The Morgan fingerprint density at radius 1 is 0.853 bits per heavy atom. The van der Waals surface area contributed by atoms with Crippen LogP contribution in [0, 0.1) is 0 Å². The van der Waals surface area contributed by atoms with Gasteiger partial charge in [0.05, 0.1) is 32.6 Å². The van der Waals surface area contributed by atoms with Crippen molar-refractivity contribution in [1.29, 1.82) is 0 Å². The van der Waals surface area contributed by atoms with Crippen molar-refractivity contribution < 1.29 is 28.5 Å². The van der Waals surface area contributed by atoms with Crippen molar-refractivity contribution in [3.05, 3.63) is 83.4 Å². The van der Waals surface area contributed by atoms with Gasteiger partial charge >= 0.3 is 5.97 Å². The number of esters is 1. The lowest BCUT2D eigenvalue weighted by molar-refractivity contribution is 0.0729. The number of carbonyl (C=O) groups is 2. The van der Waals surface area contributed by atoms with Crippen LogP contribution in [0.3, 0.4) is 0 Å². The Labute approximate surface area is 198 Å². The maximum absolute atomic E-state index is 12.5. The summed E-state index contributed by atoms with van der Waals surface area (Å²) in [5.41, 5.74) is 3.94. The molecule has 0 aromatic heterocycles. The van der Waals surface area contributed by atoms with E-state index in [-0.39, 0.29) is 11.7 Å². The van der Waals surface area contributed by atoms with Gasteiger partial charge in [-0.1, -0.05) is 6.92 Å². The van der Waals surface area contributed by atoms with Crippen LogP contribution in [0.1, 0.15) is 39.6 Å². The fourth-order valence-electron chi connectivity index (χ4n) is 2.89. The minimum atomic E-state index is -0.520. The van der Waals surface area contributed by atoms with Crippen LogP contribution in [0.15, 0.2) is 71.8 Å². The first kappa shape index (κ1) is 24.3. The molecular formula is C26H26N2O6. The van der Waals surface area contributed by atoms with E-state index in [0.717, 1.165) is 6.42 Å². The summed E-state index contributed by atoms with van der Waals surface area (Å²) in [6.07, 6.45) is 2.36. The van der Waals surface area contributed by atoms with Crippen molar-refractivity contribution in [3.63, 3.8) is 0 Å². The molecule has 8 nitrogen and oxygen atoms in total. The van der Waals surface area contributed by atoms with Gasteiger partial charge in [-0.2, -0.15) is 5.10 Å². The molecule has 8 heteroatoms. The number of nitrogens with zero attached hydrogens (tertiary/aromatic N) is 1. The number of rotatable bonds is 10. The topological polar surface area (TPSA) is 95.5 Å². The molecule has 0 atom stereocenters. The summed E-state index contributed by atoms with van der Waals surface area (Å²) in [4.78, 5) is 24.7. The van der Waals surface area contributed by atoms with E-state index in [2.05, 4.69) is 10.5 Å². The smallest absolute Gasteiger partial charge is 0.343 e. The molecule has 0 heterocycles. The molecule has 0 aliphatic carbocycles. The molecule has 3 rings (SSSR count). The number of carbonyl (C=O) groups excluding carboxylic acids is 2. The van der Waals surface area contributed by atoms with Gasteiger partial charge in [0.15, 0.2) is 11.5 Å². The second kappa shape index (κ2) is 12.1. The van der Waals surface area contributed by atoms with E-state index in [1.807, 2.05) is 6.92 Å². The lowest BCUT2D eigenvalue weighted by Crippen LogP contribution is -2.17. The predicted molar refractivity (Wildman–Crippen MR) is 128 cm³/mol. The lowest BCUT2D eigenvalue weighted by atomic mass is 10.2. The fraction of sp³-hybridized carbons (Fsp3) is 0.192. The standard InChI is InChI=1S/C26H26N2O6/c1-4-15-33-22-12-8-20(9-13-22)26(30)34-23-14-5-18(16-24(23)32-3)17-27-28-25(29)19-6-10-21(31-2)11-7-19/h5-14,16-17H,4,15H2,1-3H3,(H,28,29)/b27-17-. The average Bonchev–Trinajstić information content (AvgIpc) is 2.88. The summed E-state index contributed by atoms with van der Waals surface area (Å²) in [7, 11) is 3.03. The van der Waals surface area contributed by atoms with Crippen molar-refractivity contribution in [2.24, 2.45) is 5.10 Å². The number of ether oxygens (including phenoxy) is 4. The molecular weight excluding hydrogens is 436 g/mol. The van der Waals surface area contributed by atoms with E-state index in [0.29, 0.717) is 40.5 Å². The summed E-state index contributed by atoms with van der Waals surface area (Å²) >= 11 is 0. The molecule has 3 aromatic carbocycles. The fourth-order valence-corrected chi connectivity index (χ4v) is 2.89. The van der Waals surface area contributed by atoms with E-state index in [4.69, 9.17) is 18.9 Å². The summed E-state index contributed by atoms with van der Waals surface area (Å²) in [6, 6.07) is 18.3. The van der Waals surface area contributed by atoms with E-state index >= 15 is 0 Å². The second-order valence-corrected chi connectivity index (χ2v) is 7.10. The average molecular weight is 463 g/mol. The molecule has 176 valence electrons. The lowest BCUT2D eigenvalue weighted by Gasteiger charge is -2.10. The molecule has 0 saturated heterocycles. The number of hydrogen-bond donors (Lipinski definition) is 1. The molecule has 1 amide bonds. The minimum Gasteiger partial charge on any atom is -0.497 e. The highest BCUT2D eigenvalue weighted by Crippen LogP contribution is 2.28. The van der Waals surface area contributed by atoms with Crippen molar-refractivity contribution in [2.45, 2.75) is 13.3 Å². The molecule has 1 N–H and O–H groups in total. The zero-order chi connectivity index (χ0) is 24.3. The first-order valence-corrected chi connectivity index (χ1v) is 10.6. The quantitative estimate of drug-likeness (QED) is 0.207. The van der Waals surface area contributed by atoms with Crippen molar-refractivity contribution in [1.82, 2.24) is 5.43 Å². The largest absolute Gasteiger partial charge is 0.497 e. The van der Waals surface area contributed by atoms with Crippen molar-refractivity contribution in [3.8, 4) is 23.0 Å². The predicted octanol–water partition coefficient (Wildman–Crippen LogP) is 4.48. The van der Waals surface area contributed by atoms with E-state index in [9.17, 15) is 9.59 Å². The summed E-state index contributed by atoms with van der Waals surface area (Å²) < 4.78 is 21.4. The number of hydrogen-bond acceptors (Lipinski definition) is 7. The van der Waals surface area contributed by atoms with Gasteiger partial charge in [0.2, 0.25) is 0 Å². The van der Waals surface area contributed by atoms with E-state index in [1.165, 1.54) is 13.3 Å². The van der Waals surface area contributed by atoms with Gasteiger partial charge in [-0.05, 0) is 78.7 Å². The highest BCUT2D eigenvalue weighted by molar-refractivity contribution is 5.95. The highest BCUT2D eigenvalue weighted by Gasteiger charge is 2.13. The first-order valence-electron chi connectivity index (χ1n) is 10.6. The third-order valence-corrected chi connectivity index (χ3v) is 4.69. The van der Waals surface area contributed by atoms with Gasteiger partial charge in [0.25, 0.3) is 5.91 Å². The molecule has 0 unspecified atom stereocenters. The molecule has 0 fully saturated rings. The summed E-state index contributed by atoms with van der Waals surface area (Å²) in [5.74, 6) is 1.08. The van der Waals surface area contributed by atoms with Crippen LogP contribution in [0.5, 0.6) is 23.0 Å². The van der Waals surface area contributed by atoms with Gasteiger partial charge in [0, 0.05) is 5.56 Å². The molecule has 0 radical (unpaired) electrons. The Kier molecular flexibility index (Phi) is 8.62. The maximum Gasteiger partial charge on any atom is 0.343 e. The zero-order valence-corrected chi connectivity index (χ0v) is 19.2. The highest BCUT2D eigenvalue weighted by atomic mass is 16.6. The van der Waals surface area contributed by atoms with Gasteiger partial charge in [0.1, 0.15) is 11.5 Å². The summed E-state index contributed by atoms with van der Waals surface area (Å²) in [5, 5.41) is 3.97. The Hall–Kier alpha value is -4.33. The molecule has 0 spiro atoms. The van der Waals surface area contributed by atoms with E-state index < -0.39 is 5.97 Å². The molecule has 0 aliphatic heterocycles. The van der Waals surface area contributed by atoms with Crippen molar-refractivity contribution >= 4 is 18.1 Å². The first-order chi connectivity index (χ1) is 16.5. The summed E-state index contributed by atoms with van der Waals surface area (Å²) in [6.45, 7) is 2.64. The minimum absolute atomic E-state index is 0.262. The molecule has 3 aromatic rings. The number of amides is 1. The zero-order valence-electron chi connectivity index (χ0n) is 19.2. The molecule has 0 bridgehead atoms. The third kappa shape index (κ3) is 6.59. The number of hydrazone groups is 1. The Morgan fingerprint density at radius 2 is 1.53 bits per heavy atom. The number of benzene rings is 3. The van der Waals surface area contributed by atoms with Crippen LogP contribution in [0.2, 0.25) is 0 Å². The van der Waals surface area contributed by atoms with Gasteiger partial charge < -0.3 is 18.9 Å². The van der Waals surface area contributed by atoms with Crippen LogP contribution < -0.4 is 24.4 Å². The second-order valence-electron chi connectivity index (χ2n) is 7.10. The van der Waals surface area contributed by atoms with Crippen molar-refractivity contribution in [2.75, 3.05) is 20.8 Å². The number of nitrogens with one attached hydrogen (secondary N) is 1.